The van der Waals surface area contributed by atoms with E-state index in [-0.39, 0.29) is 11.5 Å². The van der Waals surface area contributed by atoms with Gasteiger partial charge in [-0.1, -0.05) is 0 Å². The van der Waals surface area contributed by atoms with Gasteiger partial charge >= 0.3 is 5.69 Å². The number of aromatic nitrogens is 1. The molecule has 1 atom stereocenters. The van der Waals surface area contributed by atoms with Gasteiger partial charge in [0, 0.05) is 41.5 Å². The van der Waals surface area contributed by atoms with Crippen molar-refractivity contribution in [3.8, 4) is 5.88 Å². The third-order valence-electron chi connectivity index (χ3n) is 2.16. The number of rotatable bonds is 7. The first-order valence-electron chi connectivity index (χ1n) is 5.28. The van der Waals surface area contributed by atoms with Crippen LogP contribution in [-0.4, -0.2) is 39.8 Å². The standard InChI is InChI=1S/C10H15N3O4S/c1-17-9-5-4-8(13(14)15)10(12-9)11-6-3-7-18(2)16/h4-5H,3,6-7H2,1-2H3,(H,11,12). The first kappa shape index (κ1) is 14.4. The average Bonchev–Trinajstić information content (AvgIpc) is 2.33. The SMILES string of the molecule is COc1ccc([N+](=O)[O-])c(NCCCS(C)=O)n1. The molecule has 0 saturated heterocycles. The van der Waals surface area contributed by atoms with Crippen molar-refractivity contribution in [1.29, 1.82) is 0 Å². The summed E-state index contributed by atoms with van der Waals surface area (Å²) in [6.45, 7) is 0.473. The molecule has 0 aliphatic heterocycles. The van der Waals surface area contributed by atoms with Gasteiger partial charge in [0.25, 0.3) is 0 Å². The summed E-state index contributed by atoms with van der Waals surface area (Å²) in [4.78, 5) is 14.3. The molecule has 0 radical (unpaired) electrons. The summed E-state index contributed by atoms with van der Waals surface area (Å²) in [7, 11) is 0.580. The van der Waals surface area contributed by atoms with Crippen molar-refractivity contribution in [1.82, 2.24) is 4.98 Å². The van der Waals surface area contributed by atoms with Crippen molar-refractivity contribution in [3.05, 3.63) is 22.2 Å². The van der Waals surface area contributed by atoms with Crippen LogP contribution in [0.3, 0.4) is 0 Å². The number of hydrogen-bond acceptors (Lipinski definition) is 6. The van der Waals surface area contributed by atoms with Crippen LogP contribution in [0.1, 0.15) is 6.42 Å². The van der Waals surface area contributed by atoms with Crippen molar-refractivity contribution in [2.45, 2.75) is 6.42 Å². The van der Waals surface area contributed by atoms with Crippen LogP contribution in [-0.2, 0) is 10.8 Å². The Labute approximate surface area is 107 Å². The summed E-state index contributed by atoms with van der Waals surface area (Å²) in [5, 5.41) is 13.7. The third-order valence-corrected chi connectivity index (χ3v) is 3.02. The van der Waals surface area contributed by atoms with E-state index in [4.69, 9.17) is 4.74 Å². The van der Waals surface area contributed by atoms with Gasteiger partial charge in [0.15, 0.2) is 0 Å². The normalized spacial score (nSPS) is 11.9. The molecule has 1 aromatic rings. The molecule has 18 heavy (non-hydrogen) atoms. The minimum Gasteiger partial charge on any atom is -0.481 e. The minimum atomic E-state index is -0.863. The zero-order valence-electron chi connectivity index (χ0n) is 10.2. The highest BCUT2D eigenvalue weighted by atomic mass is 32.2. The molecule has 0 aliphatic carbocycles. The zero-order valence-corrected chi connectivity index (χ0v) is 11.0. The Hall–Kier alpha value is -1.70. The Morgan fingerprint density at radius 2 is 2.28 bits per heavy atom. The van der Waals surface area contributed by atoms with Crippen LogP contribution in [0.5, 0.6) is 5.88 Å². The number of anilines is 1. The van der Waals surface area contributed by atoms with Crippen LogP contribution in [0.4, 0.5) is 11.5 Å². The fraction of sp³-hybridized carbons (Fsp3) is 0.500. The summed E-state index contributed by atoms with van der Waals surface area (Å²) in [6, 6.07) is 2.77. The van der Waals surface area contributed by atoms with Crippen molar-refractivity contribution < 1.29 is 13.9 Å². The second kappa shape index (κ2) is 6.90. The predicted molar refractivity (Wildman–Crippen MR) is 69.5 cm³/mol. The van der Waals surface area contributed by atoms with E-state index in [0.717, 1.165) is 0 Å². The molecule has 0 aromatic carbocycles. The summed E-state index contributed by atoms with van der Waals surface area (Å²) >= 11 is 0. The fourth-order valence-corrected chi connectivity index (χ4v) is 1.86. The molecule has 0 spiro atoms. The number of nitro groups is 1. The van der Waals surface area contributed by atoms with Crippen LogP contribution >= 0.6 is 0 Å². The minimum absolute atomic E-state index is 0.103. The Balaban J connectivity index is 2.71. The molecule has 1 aromatic heterocycles. The molecule has 1 rings (SSSR count). The van der Waals surface area contributed by atoms with Gasteiger partial charge in [-0.05, 0) is 6.42 Å². The van der Waals surface area contributed by atoms with Gasteiger partial charge in [-0.25, -0.2) is 0 Å². The molecule has 1 N–H and O–H groups in total. The van der Waals surface area contributed by atoms with Crippen molar-refractivity contribution in [2.24, 2.45) is 0 Å². The van der Waals surface area contributed by atoms with Crippen LogP contribution in [0.15, 0.2) is 12.1 Å². The summed E-state index contributed by atoms with van der Waals surface area (Å²) in [5.74, 6) is 1.02. The van der Waals surface area contributed by atoms with E-state index in [1.165, 1.54) is 19.2 Å². The second-order valence-electron chi connectivity index (χ2n) is 3.54. The highest BCUT2D eigenvalue weighted by Crippen LogP contribution is 2.24. The van der Waals surface area contributed by atoms with E-state index >= 15 is 0 Å². The maximum Gasteiger partial charge on any atom is 0.311 e. The molecule has 0 saturated carbocycles. The van der Waals surface area contributed by atoms with Gasteiger partial charge in [-0.2, -0.15) is 4.98 Å². The van der Waals surface area contributed by atoms with E-state index in [1.54, 1.807) is 6.26 Å². The lowest BCUT2D eigenvalue weighted by Gasteiger charge is -2.07. The molecule has 7 nitrogen and oxygen atoms in total. The summed E-state index contributed by atoms with van der Waals surface area (Å²) in [5.41, 5.74) is -0.103. The van der Waals surface area contributed by atoms with E-state index in [2.05, 4.69) is 10.3 Å². The number of nitrogens with zero attached hydrogens (tertiary/aromatic N) is 2. The number of nitrogens with one attached hydrogen (secondary N) is 1. The monoisotopic (exact) mass is 273 g/mol. The maximum absolute atomic E-state index is 10.9. The van der Waals surface area contributed by atoms with Crippen molar-refractivity contribution in [3.63, 3.8) is 0 Å². The number of pyridine rings is 1. The molecule has 0 fully saturated rings. The molecular weight excluding hydrogens is 258 g/mol. The molecule has 1 unspecified atom stereocenters. The number of ether oxygens (including phenoxy) is 1. The molecule has 8 heteroatoms. The molecule has 1 heterocycles. The molecule has 0 aliphatic rings. The quantitative estimate of drug-likeness (QED) is 0.455. The molecule has 100 valence electrons. The van der Waals surface area contributed by atoms with E-state index < -0.39 is 15.7 Å². The first-order valence-corrected chi connectivity index (χ1v) is 7.00. The lowest BCUT2D eigenvalue weighted by atomic mass is 10.3. The van der Waals surface area contributed by atoms with Crippen LogP contribution in [0.2, 0.25) is 0 Å². The molecule has 0 amide bonds. The van der Waals surface area contributed by atoms with Gasteiger partial charge in [0.1, 0.15) is 0 Å². The van der Waals surface area contributed by atoms with E-state index in [1.807, 2.05) is 0 Å². The maximum atomic E-state index is 10.9. The lowest BCUT2D eigenvalue weighted by molar-refractivity contribution is -0.384. The Morgan fingerprint density at radius 3 is 2.83 bits per heavy atom. The average molecular weight is 273 g/mol. The fourth-order valence-electron chi connectivity index (χ4n) is 1.31. The van der Waals surface area contributed by atoms with E-state index in [9.17, 15) is 14.3 Å². The topological polar surface area (TPSA) is 94.4 Å². The third kappa shape index (κ3) is 4.28. The van der Waals surface area contributed by atoms with Gasteiger partial charge in [-0.3, -0.25) is 14.3 Å². The highest BCUT2D eigenvalue weighted by molar-refractivity contribution is 7.84. The Morgan fingerprint density at radius 1 is 1.56 bits per heavy atom. The van der Waals surface area contributed by atoms with Gasteiger partial charge in [0.05, 0.1) is 12.0 Å². The summed E-state index contributed by atoms with van der Waals surface area (Å²) in [6.07, 6.45) is 2.27. The van der Waals surface area contributed by atoms with E-state index in [0.29, 0.717) is 24.6 Å². The Bertz CT molecular complexity index is 453. The Kier molecular flexibility index (Phi) is 5.50. The summed E-state index contributed by atoms with van der Waals surface area (Å²) < 4.78 is 15.8. The van der Waals surface area contributed by atoms with Gasteiger partial charge < -0.3 is 10.1 Å². The molecular formula is C10H15N3O4S. The predicted octanol–water partition coefficient (Wildman–Crippen LogP) is 1.18. The highest BCUT2D eigenvalue weighted by Gasteiger charge is 2.15. The van der Waals surface area contributed by atoms with Crippen LogP contribution in [0.25, 0.3) is 0 Å². The van der Waals surface area contributed by atoms with Gasteiger partial charge in [-0.15, -0.1) is 0 Å². The van der Waals surface area contributed by atoms with Crippen molar-refractivity contribution >= 4 is 22.3 Å². The molecule has 0 bridgehead atoms. The number of methoxy groups -OCH3 is 1. The van der Waals surface area contributed by atoms with Crippen LogP contribution in [0, 0.1) is 10.1 Å². The zero-order chi connectivity index (χ0) is 13.5. The van der Waals surface area contributed by atoms with Crippen LogP contribution < -0.4 is 10.1 Å². The second-order valence-corrected chi connectivity index (χ2v) is 5.09. The first-order chi connectivity index (χ1) is 8.54. The van der Waals surface area contributed by atoms with Crippen molar-refractivity contribution in [2.75, 3.05) is 31.0 Å². The smallest absolute Gasteiger partial charge is 0.311 e. The number of hydrogen-bond donors (Lipinski definition) is 1. The lowest BCUT2D eigenvalue weighted by Crippen LogP contribution is -2.09. The largest absolute Gasteiger partial charge is 0.481 e. The van der Waals surface area contributed by atoms with Gasteiger partial charge in [0.2, 0.25) is 11.7 Å².